The van der Waals surface area contributed by atoms with Crippen molar-refractivity contribution in [2.24, 2.45) is 5.73 Å². The molecular weight excluding hydrogens is 219 g/mol. The lowest BCUT2D eigenvalue weighted by Crippen LogP contribution is -2.29. The minimum atomic E-state index is -0.198. The zero-order valence-corrected chi connectivity index (χ0v) is 9.90. The number of halogens is 1. The first-order valence-electron chi connectivity index (χ1n) is 6.07. The van der Waals surface area contributed by atoms with Crippen LogP contribution in [0.1, 0.15) is 24.0 Å². The maximum absolute atomic E-state index is 13.8. The Labute approximate surface area is 101 Å². The monoisotopic (exact) mass is 238 g/mol. The number of aliphatic hydroxyl groups excluding tert-OH is 1. The highest BCUT2D eigenvalue weighted by atomic mass is 19.1. The second-order valence-corrected chi connectivity index (χ2v) is 4.56. The molecule has 1 aliphatic rings. The van der Waals surface area contributed by atoms with Crippen LogP contribution in [-0.4, -0.2) is 29.2 Å². The number of hydrogen-bond donors (Lipinski definition) is 2. The third-order valence-electron chi connectivity index (χ3n) is 3.18. The van der Waals surface area contributed by atoms with Crippen molar-refractivity contribution in [1.29, 1.82) is 0 Å². The van der Waals surface area contributed by atoms with Gasteiger partial charge >= 0.3 is 0 Å². The molecule has 0 aliphatic heterocycles. The molecule has 0 saturated heterocycles. The quantitative estimate of drug-likeness (QED) is 0.784. The summed E-state index contributed by atoms with van der Waals surface area (Å²) in [7, 11) is 0. The molecule has 3 N–H and O–H groups in total. The van der Waals surface area contributed by atoms with E-state index in [1.165, 1.54) is 6.07 Å². The Morgan fingerprint density at radius 3 is 2.71 bits per heavy atom. The van der Waals surface area contributed by atoms with Crippen molar-refractivity contribution in [1.82, 2.24) is 4.90 Å². The SMILES string of the molecule is NCc1ccc(CN(CCO)C2CC2)c(F)c1. The van der Waals surface area contributed by atoms with Gasteiger partial charge in [-0.25, -0.2) is 4.39 Å². The predicted molar refractivity (Wildman–Crippen MR) is 64.8 cm³/mol. The number of nitrogens with two attached hydrogens (primary N) is 1. The molecule has 1 aromatic rings. The van der Waals surface area contributed by atoms with E-state index in [-0.39, 0.29) is 12.4 Å². The molecular formula is C13H19FN2O. The molecule has 1 saturated carbocycles. The summed E-state index contributed by atoms with van der Waals surface area (Å²) in [5.41, 5.74) is 6.96. The molecule has 0 heterocycles. The van der Waals surface area contributed by atoms with Crippen LogP contribution in [0, 0.1) is 5.82 Å². The van der Waals surface area contributed by atoms with Crippen LogP contribution >= 0.6 is 0 Å². The molecule has 2 rings (SSSR count). The van der Waals surface area contributed by atoms with Gasteiger partial charge in [0.25, 0.3) is 0 Å². The second-order valence-electron chi connectivity index (χ2n) is 4.56. The first-order valence-corrected chi connectivity index (χ1v) is 6.07. The van der Waals surface area contributed by atoms with E-state index in [9.17, 15) is 4.39 Å². The Morgan fingerprint density at radius 2 is 2.18 bits per heavy atom. The van der Waals surface area contributed by atoms with Crippen LogP contribution < -0.4 is 5.73 Å². The van der Waals surface area contributed by atoms with Crippen LogP contribution in [0.4, 0.5) is 4.39 Å². The molecule has 17 heavy (non-hydrogen) atoms. The van der Waals surface area contributed by atoms with Gasteiger partial charge in [0.1, 0.15) is 5.82 Å². The van der Waals surface area contributed by atoms with E-state index in [0.29, 0.717) is 31.2 Å². The molecule has 0 spiro atoms. The summed E-state index contributed by atoms with van der Waals surface area (Å²) in [6, 6.07) is 5.68. The van der Waals surface area contributed by atoms with Crippen molar-refractivity contribution < 1.29 is 9.50 Å². The van der Waals surface area contributed by atoms with Crippen LogP contribution in [0.25, 0.3) is 0 Å². The third-order valence-corrected chi connectivity index (χ3v) is 3.18. The molecule has 0 radical (unpaired) electrons. The zero-order chi connectivity index (χ0) is 12.3. The Kier molecular flexibility index (Phi) is 4.10. The molecule has 0 aromatic heterocycles. The Balaban J connectivity index is 2.05. The fourth-order valence-corrected chi connectivity index (χ4v) is 2.02. The molecule has 1 aliphatic carbocycles. The minimum Gasteiger partial charge on any atom is -0.395 e. The van der Waals surface area contributed by atoms with Crippen molar-refractivity contribution in [2.75, 3.05) is 13.2 Å². The van der Waals surface area contributed by atoms with E-state index in [2.05, 4.69) is 4.90 Å². The highest BCUT2D eigenvalue weighted by Crippen LogP contribution is 2.28. The van der Waals surface area contributed by atoms with Gasteiger partial charge in [0.2, 0.25) is 0 Å². The summed E-state index contributed by atoms with van der Waals surface area (Å²) >= 11 is 0. The molecule has 1 fully saturated rings. The zero-order valence-electron chi connectivity index (χ0n) is 9.90. The molecule has 0 unspecified atom stereocenters. The van der Waals surface area contributed by atoms with Crippen molar-refractivity contribution in [3.05, 3.63) is 35.1 Å². The van der Waals surface area contributed by atoms with Crippen LogP contribution in [-0.2, 0) is 13.1 Å². The maximum atomic E-state index is 13.8. The highest BCUT2D eigenvalue weighted by Gasteiger charge is 2.28. The molecule has 3 nitrogen and oxygen atoms in total. The van der Waals surface area contributed by atoms with E-state index in [1.54, 1.807) is 6.07 Å². The van der Waals surface area contributed by atoms with Gasteiger partial charge in [-0.05, 0) is 24.5 Å². The maximum Gasteiger partial charge on any atom is 0.128 e. The van der Waals surface area contributed by atoms with E-state index >= 15 is 0 Å². The normalized spacial score (nSPS) is 15.5. The Bertz CT molecular complexity index is 380. The summed E-state index contributed by atoms with van der Waals surface area (Å²) in [6.07, 6.45) is 2.31. The summed E-state index contributed by atoms with van der Waals surface area (Å²) in [5.74, 6) is -0.198. The van der Waals surface area contributed by atoms with E-state index in [4.69, 9.17) is 10.8 Å². The molecule has 4 heteroatoms. The number of nitrogens with zero attached hydrogens (tertiary/aromatic N) is 1. The van der Waals surface area contributed by atoms with Gasteiger partial charge in [-0.3, -0.25) is 4.90 Å². The Hall–Kier alpha value is -0.970. The van der Waals surface area contributed by atoms with Gasteiger partial charge in [-0.2, -0.15) is 0 Å². The highest BCUT2D eigenvalue weighted by molar-refractivity contribution is 5.24. The van der Waals surface area contributed by atoms with Crippen LogP contribution in [0.2, 0.25) is 0 Å². The van der Waals surface area contributed by atoms with Gasteiger partial charge in [-0.1, -0.05) is 12.1 Å². The third kappa shape index (κ3) is 3.25. The molecule has 94 valence electrons. The summed E-state index contributed by atoms with van der Waals surface area (Å²) in [6.45, 7) is 1.67. The minimum absolute atomic E-state index is 0.124. The molecule has 0 bridgehead atoms. The Morgan fingerprint density at radius 1 is 1.41 bits per heavy atom. The lowest BCUT2D eigenvalue weighted by molar-refractivity contribution is 0.182. The summed E-state index contributed by atoms with van der Waals surface area (Å²) in [4.78, 5) is 2.14. The lowest BCUT2D eigenvalue weighted by atomic mass is 10.1. The molecule has 0 atom stereocenters. The first kappa shape index (κ1) is 12.5. The van der Waals surface area contributed by atoms with Gasteiger partial charge in [0.15, 0.2) is 0 Å². The second kappa shape index (κ2) is 5.58. The standard InChI is InChI=1S/C13H19FN2O/c14-13-7-10(8-15)1-2-11(13)9-16(5-6-17)12-3-4-12/h1-2,7,12,17H,3-6,8-9,15H2. The van der Waals surface area contributed by atoms with E-state index < -0.39 is 0 Å². The number of rotatable bonds is 6. The van der Waals surface area contributed by atoms with Crippen LogP contribution in [0.3, 0.4) is 0 Å². The first-order chi connectivity index (χ1) is 8.24. The van der Waals surface area contributed by atoms with Crippen LogP contribution in [0.5, 0.6) is 0 Å². The molecule has 0 amide bonds. The number of hydrogen-bond acceptors (Lipinski definition) is 3. The van der Waals surface area contributed by atoms with E-state index in [0.717, 1.165) is 18.4 Å². The fraction of sp³-hybridized carbons (Fsp3) is 0.538. The average molecular weight is 238 g/mol. The number of aliphatic hydroxyl groups is 1. The fourth-order valence-electron chi connectivity index (χ4n) is 2.02. The number of benzene rings is 1. The smallest absolute Gasteiger partial charge is 0.128 e. The van der Waals surface area contributed by atoms with Crippen molar-refractivity contribution in [3.8, 4) is 0 Å². The largest absolute Gasteiger partial charge is 0.395 e. The van der Waals surface area contributed by atoms with Crippen LogP contribution in [0.15, 0.2) is 18.2 Å². The van der Waals surface area contributed by atoms with E-state index in [1.807, 2.05) is 6.07 Å². The molecule has 1 aromatic carbocycles. The van der Waals surface area contributed by atoms with Gasteiger partial charge in [-0.15, -0.1) is 0 Å². The van der Waals surface area contributed by atoms with Gasteiger partial charge in [0, 0.05) is 31.2 Å². The van der Waals surface area contributed by atoms with Crippen molar-refractivity contribution in [3.63, 3.8) is 0 Å². The summed E-state index contributed by atoms with van der Waals surface area (Å²) in [5, 5.41) is 8.99. The van der Waals surface area contributed by atoms with Crippen molar-refractivity contribution in [2.45, 2.75) is 32.0 Å². The van der Waals surface area contributed by atoms with Gasteiger partial charge < -0.3 is 10.8 Å². The summed E-state index contributed by atoms with van der Waals surface area (Å²) < 4.78 is 13.8. The lowest BCUT2D eigenvalue weighted by Gasteiger charge is -2.21. The predicted octanol–water partition coefficient (Wildman–Crippen LogP) is 1.24. The van der Waals surface area contributed by atoms with Crippen molar-refractivity contribution >= 4 is 0 Å². The topological polar surface area (TPSA) is 49.5 Å². The van der Waals surface area contributed by atoms with Gasteiger partial charge in [0.05, 0.1) is 6.61 Å². The average Bonchev–Trinajstić information content (AvgIpc) is 3.14.